The topological polar surface area (TPSA) is 48.2 Å². The molecule has 4 heteroatoms. The molecule has 0 atom stereocenters. The van der Waals surface area contributed by atoms with Gasteiger partial charge in [0.15, 0.2) is 6.19 Å². The maximum atomic E-state index is 8.44. The molecule has 1 aromatic rings. The van der Waals surface area contributed by atoms with Crippen LogP contribution in [-0.2, 0) is 6.42 Å². The Labute approximate surface area is 88.0 Å². The zero-order chi connectivity index (χ0) is 10.4. The molecule has 0 amide bonds. The van der Waals surface area contributed by atoms with E-state index in [9.17, 15) is 0 Å². The second-order valence-corrected chi connectivity index (χ2v) is 3.08. The second-order valence-electron chi connectivity index (χ2n) is 2.68. The lowest BCUT2D eigenvalue weighted by atomic mass is 10.1. The predicted molar refractivity (Wildman–Crippen MR) is 57.3 cm³/mol. The van der Waals surface area contributed by atoms with Gasteiger partial charge in [-0.1, -0.05) is 29.8 Å². The highest BCUT2D eigenvalue weighted by molar-refractivity contribution is 6.31. The van der Waals surface area contributed by atoms with Crippen LogP contribution in [0, 0.1) is 11.5 Å². The summed E-state index contributed by atoms with van der Waals surface area (Å²) in [7, 11) is 1.64. The van der Waals surface area contributed by atoms with Gasteiger partial charge in [0.2, 0.25) is 0 Å². The largest absolute Gasteiger partial charge is 0.280 e. The summed E-state index contributed by atoms with van der Waals surface area (Å²) >= 11 is 5.96. The van der Waals surface area contributed by atoms with Gasteiger partial charge in [-0.15, -0.1) is 0 Å². The summed E-state index contributed by atoms with van der Waals surface area (Å²) in [5, 5.41) is 11.6. The van der Waals surface area contributed by atoms with Gasteiger partial charge in [0.25, 0.3) is 0 Å². The van der Waals surface area contributed by atoms with Crippen molar-refractivity contribution < 1.29 is 0 Å². The normalized spacial score (nSPS) is 10.8. The monoisotopic (exact) mass is 207 g/mol. The minimum absolute atomic E-state index is 0.545. The fourth-order valence-electron chi connectivity index (χ4n) is 1.07. The number of amidine groups is 1. The van der Waals surface area contributed by atoms with E-state index in [0.717, 1.165) is 5.56 Å². The fraction of sp³-hybridized carbons (Fsp3) is 0.200. The lowest BCUT2D eigenvalue weighted by Crippen LogP contribution is -2.20. The number of hydrogen-bond acceptors (Lipinski definition) is 2. The van der Waals surface area contributed by atoms with Gasteiger partial charge in [0, 0.05) is 18.5 Å². The average Bonchev–Trinajstić information content (AvgIpc) is 2.20. The highest BCUT2D eigenvalue weighted by Crippen LogP contribution is 2.15. The smallest absolute Gasteiger partial charge is 0.182 e. The van der Waals surface area contributed by atoms with Crippen molar-refractivity contribution in [2.45, 2.75) is 6.42 Å². The van der Waals surface area contributed by atoms with Gasteiger partial charge >= 0.3 is 0 Å². The summed E-state index contributed by atoms with van der Waals surface area (Å²) in [6.07, 6.45) is 2.38. The molecule has 0 saturated heterocycles. The number of nitriles is 1. The number of rotatable bonds is 2. The van der Waals surface area contributed by atoms with E-state index >= 15 is 0 Å². The Morgan fingerprint density at radius 2 is 2.29 bits per heavy atom. The Morgan fingerprint density at radius 1 is 1.57 bits per heavy atom. The molecule has 0 aliphatic carbocycles. The third kappa shape index (κ3) is 2.75. The minimum atomic E-state index is 0.545. The Hall–Kier alpha value is -1.53. The van der Waals surface area contributed by atoms with Gasteiger partial charge in [-0.05, 0) is 11.6 Å². The van der Waals surface area contributed by atoms with Crippen molar-refractivity contribution in [3.63, 3.8) is 0 Å². The number of nitrogens with zero attached hydrogens (tertiary/aromatic N) is 2. The van der Waals surface area contributed by atoms with Gasteiger partial charge in [-0.25, -0.2) is 0 Å². The molecule has 0 radical (unpaired) electrons. The van der Waals surface area contributed by atoms with Crippen molar-refractivity contribution in [1.29, 1.82) is 5.26 Å². The van der Waals surface area contributed by atoms with Crippen molar-refractivity contribution in [1.82, 2.24) is 5.32 Å². The Kier molecular flexibility index (Phi) is 3.96. The third-order valence-corrected chi connectivity index (χ3v) is 2.15. The first-order chi connectivity index (χ1) is 6.77. The molecular weight excluding hydrogens is 198 g/mol. The first-order valence-electron chi connectivity index (χ1n) is 4.12. The molecule has 1 rings (SSSR count). The average molecular weight is 208 g/mol. The molecule has 0 bridgehead atoms. The molecule has 1 N–H and O–H groups in total. The summed E-state index contributed by atoms with van der Waals surface area (Å²) in [6.45, 7) is 0. The van der Waals surface area contributed by atoms with Crippen LogP contribution in [0.25, 0.3) is 0 Å². The highest BCUT2D eigenvalue weighted by atomic mass is 35.5. The zero-order valence-corrected chi connectivity index (χ0v) is 8.54. The van der Waals surface area contributed by atoms with Crippen LogP contribution in [0.2, 0.25) is 5.02 Å². The van der Waals surface area contributed by atoms with Crippen molar-refractivity contribution in [3.8, 4) is 6.19 Å². The van der Waals surface area contributed by atoms with Crippen molar-refractivity contribution >= 4 is 17.4 Å². The molecular formula is C10H10ClN3. The van der Waals surface area contributed by atoms with Crippen LogP contribution in [0.4, 0.5) is 0 Å². The number of nitrogens with one attached hydrogen (secondary N) is 1. The molecule has 14 heavy (non-hydrogen) atoms. The predicted octanol–water partition coefficient (Wildman–Crippen LogP) is 1.98. The Balaban J connectivity index is 2.79. The van der Waals surface area contributed by atoms with E-state index in [1.54, 1.807) is 7.05 Å². The van der Waals surface area contributed by atoms with Gasteiger partial charge in [0.05, 0.1) is 0 Å². The number of benzene rings is 1. The van der Waals surface area contributed by atoms with Gasteiger partial charge < -0.3 is 0 Å². The molecule has 0 saturated carbocycles. The third-order valence-electron chi connectivity index (χ3n) is 1.79. The maximum Gasteiger partial charge on any atom is 0.182 e. The molecule has 0 spiro atoms. The van der Waals surface area contributed by atoms with E-state index in [1.165, 1.54) is 0 Å². The number of hydrogen-bond donors (Lipinski definition) is 1. The Bertz CT molecular complexity index is 379. The summed E-state index contributed by atoms with van der Waals surface area (Å²) in [5.41, 5.74) is 0.956. The molecule has 3 nitrogen and oxygen atoms in total. The van der Waals surface area contributed by atoms with Gasteiger partial charge in [-0.3, -0.25) is 10.3 Å². The van der Waals surface area contributed by atoms with Crippen LogP contribution >= 0.6 is 11.6 Å². The van der Waals surface area contributed by atoms with Gasteiger partial charge in [-0.2, -0.15) is 5.26 Å². The quantitative estimate of drug-likeness (QED) is 0.349. The number of aliphatic imine (C=N–C) groups is 1. The van der Waals surface area contributed by atoms with Crippen LogP contribution < -0.4 is 5.32 Å². The standard InChI is InChI=1S/C10H10ClN3/c1-13-10(14-7-12)6-8-4-2-3-5-9(8)11/h2-5H,6H2,1H3,(H,13,14). The molecule has 0 aliphatic rings. The molecule has 1 aromatic carbocycles. The van der Waals surface area contributed by atoms with Crippen LogP contribution in [0.3, 0.4) is 0 Å². The summed E-state index contributed by atoms with van der Waals surface area (Å²) in [6, 6.07) is 7.50. The van der Waals surface area contributed by atoms with E-state index in [0.29, 0.717) is 17.3 Å². The van der Waals surface area contributed by atoms with Crippen molar-refractivity contribution in [2.75, 3.05) is 7.05 Å². The first-order valence-corrected chi connectivity index (χ1v) is 4.50. The molecule has 0 fully saturated rings. The maximum absolute atomic E-state index is 8.44. The number of halogens is 1. The van der Waals surface area contributed by atoms with Crippen molar-refractivity contribution in [3.05, 3.63) is 34.9 Å². The fourth-order valence-corrected chi connectivity index (χ4v) is 1.27. The van der Waals surface area contributed by atoms with Crippen LogP contribution in [0.5, 0.6) is 0 Å². The van der Waals surface area contributed by atoms with Crippen LogP contribution in [-0.4, -0.2) is 12.9 Å². The minimum Gasteiger partial charge on any atom is -0.280 e. The van der Waals surface area contributed by atoms with Crippen molar-refractivity contribution in [2.24, 2.45) is 4.99 Å². The second kappa shape index (κ2) is 5.25. The molecule has 0 aromatic heterocycles. The van der Waals surface area contributed by atoms with E-state index in [1.807, 2.05) is 30.5 Å². The molecule has 0 aliphatic heterocycles. The highest BCUT2D eigenvalue weighted by Gasteiger charge is 2.02. The van der Waals surface area contributed by atoms with Crippen LogP contribution in [0.15, 0.2) is 29.3 Å². The summed E-state index contributed by atoms with van der Waals surface area (Å²) in [5.74, 6) is 0.612. The van der Waals surface area contributed by atoms with E-state index in [4.69, 9.17) is 16.9 Å². The summed E-state index contributed by atoms with van der Waals surface area (Å²) in [4.78, 5) is 3.94. The lowest BCUT2D eigenvalue weighted by molar-refractivity contribution is 1.14. The molecule has 0 heterocycles. The van der Waals surface area contributed by atoms with Crippen LogP contribution in [0.1, 0.15) is 5.56 Å². The molecule has 0 unspecified atom stereocenters. The van der Waals surface area contributed by atoms with E-state index < -0.39 is 0 Å². The lowest BCUT2D eigenvalue weighted by Gasteiger charge is -2.04. The SMILES string of the molecule is CN=C(Cc1ccccc1Cl)NC#N. The van der Waals surface area contributed by atoms with Gasteiger partial charge in [0.1, 0.15) is 5.84 Å². The first kappa shape index (κ1) is 10.6. The summed E-state index contributed by atoms with van der Waals surface area (Å²) < 4.78 is 0. The Morgan fingerprint density at radius 3 is 2.86 bits per heavy atom. The molecule has 72 valence electrons. The van der Waals surface area contributed by atoms with E-state index in [-0.39, 0.29) is 0 Å². The van der Waals surface area contributed by atoms with E-state index in [2.05, 4.69) is 10.3 Å². The zero-order valence-electron chi connectivity index (χ0n) is 7.79.